The molecule has 0 unspecified atom stereocenters. The van der Waals surface area contributed by atoms with Crippen LogP contribution in [0, 0.1) is 11.7 Å². The van der Waals surface area contributed by atoms with Crippen molar-refractivity contribution in [2.45, 2.75) is 32.4 Å². The van der Waals surface area contributed by atoms with Gasteiger partial charge in [-0.05, 0) is 37.5 Å². The Morgan fingerprint density at radius 3 is 2.96 bits per heavy atom. The van der Waals surface area contributed by atoms with Crippen molar-refractivity contribution in [3.63, 3.8) is 0 Å². The Labute approximate surface area is 166 Å². The van der Waals surface area contributed by atoms with Gasteiger partial charge in [0.25, 0.3) is 0 Å². The summed E-state index contributed by atoms with van der Waals surface area (Å²) < 4.78 is 9.48. The molecule has 0 saturated carbocycles. The van der Waals surface area contributed by atoms with E-state index in [2.05, 4.69) is 20.4 Å². The molecule has 3 heterocycles. The monoisotopic (exact) mass is 402 g/mol. The van der Waals surface area contributed by atoms with Crippen molar-refractivity contribution in [1.29, 1.82) is 0 Å². The van der Waals surface area contributed by atoms with Gasteiger partial charge in [-0.3, -0.25) is 5.10 Å². The first-order valence-corrected chi connectivity index (χ1v) is 9.52. The summed E-state index contributed by atoms with van der Waals surface area (Å²) >= 11 is 11.9. The van der Waals surface area contributed by atoms with Crippen molar-refractivity contribution in [3.8, 4) is 0 Å². The molecule has 4 rings (SSSR count). The number of H-pyrrole nitrogens is 1. The van der Waals surface area contributed by atoms with Crippen LogP contribution in [0.15, 0.2) is 35.4 Å². The van der Waals surface area contributed by atoms with Crippen molar-refractivity contribution in [3.05, 3.63) is 62.9 Å². The molecule has 0 amide bonds. The van der Waals surface area contributed by atoms with Crippen LogP contribution in [-0.2, 0) is 11.3 Å². The molecule has 1 aromatic carbocycles. The minimum Gasteiger partial charge on any atom is -0.370 e. The number of nitrogens with zero attached hydrogens (tertiary/aromatic N) is 5. The van der Waals surface area contributed by atoms with Crippen LogP contribution in [0.3, 0.4) is 0 Å². The molecule has 2 aromatic heterocycles. The Morgan fingerprint density at radius 2 is 2.22 bits per heavy atom. The van der Waals surface area contributed by atoms with Crippen molar-refractivity contribution in [1.82, 2.24) is 24.7 Å². The van der Waals surface area contributed by atoms with Gasteiger partial charge in [0.1, 0.15) is 11.3 Å². The second-order valence-electron chi connectivity index (χ2n) is 6.38. The molecule has 0 radical (unpaired) electrons. The van der Waals surface area contributed by atoms with E-state index in [1.807, 2.05) is 37.3 Å². The lowest BCUT2D eigenvalue weighted by atomic mass is 10.2. The van der Waals surface area contributed by atoms with Gasteiger partial charge >= 0.3 is 0 Å². The standard InChI is InChI=1S/C18H19ClN6OS/c1-12-14(16(19)24(23-12)11-13-6-3-2-4-7-13)10-20-25-17(21-22-18(25)27)15-8-5-9-26-15/h2-4,6-7,10,15H,5,8-9,11H2,1H3,(H,22,27)/b20-10-/t15-/m1/s1. The van der Waals surface area contributed by atoms with Crippen molar-refractivity contribution < 1.29 is 4.74 Å². The van der Waals surface area contributed by atoms with Crippen LogP contribution in [0.5, 0.6) is 0 Å². The fourth-order valence-corrected chi connectivity index (χ4v) is 3.56. The minimum atomic E-state index is -0.0903. The SMILES string of the molecule is Cc1nn(Cc2ccccc2)c(Cl)c1/C=N\n1c([C@H]2CCCO2)n[nH]c1=S. The predicted molar refractivity (Wildman–Crippen MR) is 106 cm³/mol. The molecule has 1 aliphatic heterocycles. The van der Waals surface area contributed by atoms with Crippen LogP contribution in [0.25, 0.3) is 0 Å². The quantitative estimate of drug-likeness (QED) is 0.519. The molecule has 1 fully saturated rings. The third-order valence-electron chi connectivity index (χ3n) is 4.48. The van der Waals surface area contributed by atoms with E-state index in [1.165, 1.54) is 0 Å². The molecule has 1 saturated heterocycles. The van der Waals surface area contributed by atoms with E-state index in [0.717, 1.165) is 36.3 Å². The Morgan fingerprint density at radius 1 is 1.41 bits per heavy atom. The van der Waals surface area contributed by atoms with Crippen LogP contribution < -0.4 is 0 Å². The highest BCUT2D eigenvalue weighted by Gasteiger charge is 2.23. The van der Waals surface area contributed by atoms with Crippen LogP contribution in [0.2, 0.25) is 5.15 Å². The molecular formula is C18H19ClN6OS. The maximum atomic E-state index is 6.55. The van der Waals surface area contributed by atoms with Gasteiger partial charge in [-0.1, -0.05) is 41.9 Å². The number of halogens is 1. The second-order valence-corrected chi connectivity index (χ2v) is 7.12. The summed E-state index contributed by atoms with van der Waals surface area (Å²) in [4.78, 5) is 0. The molecular weight excluding hydrogens is 384 g/mol. The largest absolute Gasteiger partial charge is 0.370 e. The lowest BCUT2D eigenvalue weighted by Crippen LogP contribution is -2.05. The first kappa shape index (κ1) is 18.1. The molecule has 1 aliphatic rings. The lowest BCUT2D eigenvalue weighted by Gasteiger charge is -2.07. The van der Waals surface area contributed by atoms with Gasteiger partial charge in [-0.15, -0.1) is 0 Å². The number of aryl methyl sites for hydroxylation is 1. The highest BCUT2D eigenvalue weighted by molar-refractivity contribution is 7.71. The van der Waals surface area contributed by atoms with Gasteiger partial charge in [0.05, 0.1) is 24.0 Å². The summed E-state index contributed by atoms with van der Waals surface area (Å²) in [5.41, 5.74) is 2.69. The minimum absolute atomic E-state index is 0.0903. The summed E-state index contributed by atoms with van der Waals surface area (Å²) in [6, 6.07) is 10.1. The second kappa shape index (κ2) is 7.75. The van der Waals surface area contributed by atoms with E-state index < -0.39 is 0 Å². The van der Waals surface area contributed by atoms with E-state index in [1.54, 1.807) is 15.6 Å². The summed E-state index contributed by atoms with van der Waals surface area (Å²) in [6.45, 7) is 3.23. The lowest BCUT2D eigenvalue weighted by molar-refractivity contribution is 0.102. The first-order chi connectivity index (χ1) is 13.1. The third kappa shape index (κ3) is 3.73. The molecule has 27 heavy (non-hydrogen) atoms. The summed E-state index contributed by atoms with van der Waals surface area (Å²) in [6.07, 6.45) is 3.50. The van der Waals surface area contributed by atoms with E-state index in [9.17, 15) is 0 Å². The topological polar surface area (TPSA) is 73.0 Å². The zero-order chi connectivity index (χ0) is 18.8. The molecule has 1 atom stereocenters. The molecule has 0 aliphatic carbocycles. The molecule has 9 heteroatoms. The van der Waals surface area contributed by atoms with Gasteiger partial charge in [-0.25, -0.2) is 4.68 Å². The van der Waals surface area contributed by atoms with Crippen LogP contribution >= 0.6 is 23.8 Å². The molecule has 1 N–H and O–H groups in total. The highest BCUT2D eigenvalue weighted by Crippen LogP contribution is 2.27. The van der Waals surface area contributed by atoms with Gasteiger partial charge in [0.2, 0.25) is 4.77 Å². The Balaban J connectivity index is 1.62. The zero-order valence-corrected chi connectivity index (χ0v) is 16.4. The first-order valence-electron chi connectivity index (χ1n) is 8.73. The number of aromatic nitrogens is 5. The van der Waals surface area contributed by atoms with Gasteiger partial charge in [0, 0.05) is 6.61 Å². The average molecular weight is 403 g/mol. The summed E-state index contributed by atoms with van der Waals surface area (Å²) in [7, 11) is 0. The van der Waals surface area contributed by atoms with Gasteiger partial charge in [-0.2, -0.15) is 20.0 Å². The Kier molecular flexibility index (Phi) is 5.20. The fraction of sp³-hybridized carbons (Fsp3) is 0.333. The third-order valence-corrected chi connectivity index (χ3v) is 5.14. The highest BCUT2D eigenvalue weighted by atomic mass is 35.5. The molecule has 7 nitrogen and oxygen atoms in total. The Hall–Kier alpha value is -2.29. The van der Waals surface area contributed by atoms with Crippen LogP contribution in [0.4, 0.5) is 0 Å². The Bertz CT molecular complexity index is 1020. The number of hydrogen-bond acceptors (Lipinski definition) is 5. The van der Waals surface area contributed by atoms with E-state index in [0.29, 0.717) is 22.3 Å². The van der Waals surface area contributed by atoms with Gasteiger partial charge in [0.15, 0.2) is 5.82 Å². The number of ether oxygens (including phenoxy) is 1. The molecule has 3 aromatic rings. The fourth-order valence-electron chi connectivity index (χ4n) is 3.10. The smallest absolute Gasteiger partial charge is 0.216 e. The number of rotatable bonds is 5. The summed E-state index contributed by atoms with van der Waals surface area (Å²) in [5, 5.41) is 16.6. The van der Waals surface area contributed by atoms with Crippen LogP contribution in [0.1, 0.15) is 41.6 Å². The van der Waals surface area contributed by atoms with E-state index >= 15 is 0 Å². The average Bonchev–Trinajstić information content (AvgIpc) is 3.37. The number of nitrogens with one attached hydrogen (secondary N) is 1. The number of aromatic amines is 1. The van der Waals surface area contributed by atoms with Crippen molar-refractivity contribution in [2.75, 3.05) is 6.61 Å². The van der Waals surface area contributed by atoms with Crippen molar-refractivity contribution >= 4 is 30.0 Å². The maximum Gasteiger partial charge on any atom is 0.216 e. The van der Waals surface area contributed by atoms with E-state index in [4.69, 9.17) is 28.6 Å². The predicted octanol–water partition coefficient (Wildman–Crippen LogP) is 3.88. The normalized spacial score (nSPS) is 17.2. The molecule has 0 bridgehead atoms. The zero-order valence-electron chi connectivity index (χ0n) is 14.8. The van der Waals surface area contributed by atoms with Crippen molar-refractivity contribution in [2.24, 2.45) is 5.10 Å². The van der Waals surface area contributed by atoms with Gasteiger partial charge < -0.3 is 4.74 Å². The molecule has 0 spiro atoms. The summed E-state index contributed by atoms with van der Waals surface area (Å²) in [5.74, 6) is 0.680. The van der Waals surface area contributed by atoms with Crippen LogP contribution in [-0.4, -0.2) is 37.5 Å². The number of benzene rings is 1. The maximum absolute atomic E-state index is 6.55. The molecule has 140 valence electrons. The number of hydrogen-bond donors (Lipinski definition) is 1. The van der Waals surface area contributed by atoms with E-state index in [-0.39, 0.29) is 6.10 Å².